The van der Waals surface area contributed by atoms with Crippen LogP contribution in [0.1, 0.15) is 26.5 Å². The second-order valence-corrected chi connectivity index (χ2v) is 6.16. The average Bonchev–Trinajstić information content (AvgIpc) is 2.95. The summed E-state index contributed by atoms with van der Waals surface area (Å²) in [7, 11) is 0. The Kier molecular flexibility index (Phi) is 5.09. The maximum Gasteiger partial charge on any atom is 0.322 e. The predicted molar refractivity (Wildman–Crippen MR) is 99.3 cm³/mol. The van der Waals surface area contributed by atoms with Gasteiger partial charge in [0.15, 0.2) is 0 Å². The van der Waals surface area contributed by atoms with Gasteiger partial charge < -0.3 is 15.7 Å². The highest BCUT2D eigenvalue weighted by molar-refractivity contribution is 6.30. The Morgan fingerprint density at radius 3 is 2.52 bits per heavy atom. The van der Waals surface area contributed by atoms with Gasteiger partial charge in [-0.05, 0) is 37.3 Å². The molecule has 8 nitrogen and oxygen atoms in total. The number of carboxylic acid groups (broad SMARTS) is 1. The van der Waals surface area contributed by atoms with Crippen LogP contribution in [0.25, 0.3) is 5.65 Å². The Morgan fingerprint density at radius 2 is 1.85 bits per heavy atom. The minimum Gasteiger partial charge on any atom is -0.480 e. The first-order chi connectivity index (χ1) is 12.8. The van der Waals surface area contributed by atoms with Gasteiger partial charge in [-0.1, -0.05) is 11.6 Å². The second kappa shape index (κ2) is 7.46. The zero-order valence-corrected chi connectivity index (χ0v) is 14.9. The molecular weight excluding hydrogens is 372 g/mol. The maximum atomic E-state index is 12.6. The van der Waals surface area contributed by atoms with Gasteiger partial charge in [-0.25, -0.2) is 4.98 Å². The first-order valence-corrected chi connectivity index (χ1v) is 8.28. The van der Waals surface area contributed by atoms with Crippen LogP contribution >= 0.6 is 11.6 Å². The lowest BCUT2D eigenvalue weighted by atomic mass is 10.2. The lowest BCUT2D eigenvalue weighted by molar-refractivity contribution is -0.135. The van der Waals surface area contributed by atoms with Crippen LogP contribution in [0.5, 0.6) is 0 Å². The summed E-state index contributed by atoms with van der Waals surface area (Å²) in [5.74, 6) is -1.99. The van der Waals surface area contributed by atoms with Crippen molar-refractivity contribution in [3.63, 3.8) is 0 Å². The van der Waals surface area contributed by atoms with Crippen LogP contribution in [0.4, 0.5) is 5.69 Å². The summed E-state index contributed by atoms with van der Waals surface area (Å²) in [6, 6.07) is 9.43. The minimum absolute atomic E-state index is 0.287. The van der Waals surface area contributed by atoms with Crippen LogP contribution in [-0.2, 0) is 4.79 Å². The Hall–Kier alpha value is -3.39. The maximum absolute atomic E-state index is 12.6. The Balaban J connectivity index is 1.76. The van der Waals surface area contributed by atoms with E-state index in [1.807, 2.05) is 0 Å². The smallest absolute Gasteiger partial charge is 0.322 e. The van der Waals surface area contributed by atoms with Gasteiger partial charge in [0.2, 0.25) is 0 Å². The van der Waals surface area contributed by atoms with Gasteiger partial charge in [-0.15, -0.1) is 0 Å². The third-order valence-electron chi connectivity index (χ3n) is 3.78. The number of fused-ring (bicyclic) bond motifs is 1. The average molecular weight is 387 g/mol. The summed E-state index contributed by atoms with van der Waals surface area (Å²) < 4.78 is 1.64. The van der Waals surface area contributed by atoms with E-state index in [1.54, 1.807) is 41.8 Å². The van der Waals surface area contributed by atoms with E-state index in [0.29, 0.717) is 27.7 Å². The summed E-state index contributed by atoms with van der Waals surface area (Å²) in [6.45, 7) is 1.26. The second-order valence-electron chi connectivity index (χ2n) is 5.73. The first kappa shape index (κ1) is 18.4. The predicted octanol–water partition coefficient (Wildman–Crippen LogP) is 2.36. The minimum atomic E-state index is -1.13. The van der Waals surface area contributed by atoms with Gasteiger partial charge in [0, 0.05) is 28.5 Å². The van der Waals surface area contributed by atoms with E-state index in [-0.39, 0.29) is 11.5 Å². The molecule has 0 saturated heterocycles. The van der Waals surface area contributed by atoms with Crippen molar-refractivity contribution in [3.05, 3.63) is 64.6 Å². The lowest BCUT2D eigenvalue weighted by Crippen LogP contribution is -2.29. The van der Waals surface area contributed by atoms with E-state index < -0.39 is 18.4 Å². The van der Waals surface area contributed by atoms with Crippen molar-refractivity contribution >= 4 is 40.7 Å². The van der Waals surface area contributed by atoms with Crippen LogP contribution in [0.2, 0.25) is 5.02 Å². The summed E-state index contributed by atoms with van der Waals surface area (Å²) in [4.78, 5) is 39.3. The number of amides is 2. The molecule has 0 saturated carbocycles. The lowest BCUT2D eigenvalue weighted by Gasteiger charge is -2.07. The number of aryl methyl sites for hydroxylation is 1. The topological polar surface area (TPSA) is 113 Å². The molecule has 1 aromatic carbocycles. The molecule has 0 aliphatic heterocycles. The van der Waals surface area contributed by atoms with E-state index in [4.69, 9.17) is 16.7 Å². The molecule has 0 aliphatic carbocycles. The van der Waals surface area contributed by atoms with E-state index in [2.05, 4.69) is 15.6 Å². The Labute approximate surface area is 158 Å². The third kappa shape index (κ3) is 4.06. The van der Waals surface area contributed by atoms with Gasteiger partial charge in [-0.3, -0.25) is 18.8 Å². The zero-order valence-electron chi connectivity index (χ0n) is 14.2. The van der Waals surface area contributed by atoms with Gasteiger partial charge in [0.25, 0.3) is 11.8 Å². The number of hydrogen-bond donors (Lipinski definition) is 3. The number of nitrogens with one attached hydrogen (secondary N) is 2. The van der Waals surface area contributed by atoms with E-state index in [9.17, 15) is 14.4 Å². The molecule has 0 bridgehead atoms. The highest BCUT2D eigenvalue weighted by Crippen LogP contribution is 2.18. The van der Waals surface area contributed by atoms with Crippen molar-refractivity contribution in [3.8, 4) is 0 Å². The van der Waals surface area contributed by atoms with Gasteiger partial charge >= 0.3 is 5.97 Å². The molecular formula is C18H15ClN4O4. The summed E-state index contributed by atoms with van der Waals surface area (Å²) >= 11 is 5.95. The van der Waals surface area contributed by atoms with Gasteiger partial charge in [0.05, 0.1) is 5.69 Å². The number of aromatic nitrogens is 2. The van der Waals surface area contributed by atoms with Gasteiger partial charge in [-0.2, -0.15) is 0 Å². The first-order valence-electron chi connectivity index (χ1n) is 7.91. The summed E-state index contributed by atoms with van der Waals surface area (Å²) in [6.07, 6.45) is 1.67. The molecule has 3 aromatic rings. The van der Waals surface area contributed by atoms with Crippen molar-refractivity contribution < 1.29 is 19.5 Å². The molecule has 0 aliphatic rings. The fraction of sp³-hybridized carbons (Fsp3) is 0.111. The molecule has 0 spiro atoms. The molecule has 138 valence electrons. The highest BCUT2D eigenvalue weighted by atomic mass is 35.5. The summed E-state index contributed by atoms with van der Waals surface area (Å²) in [5, 5.41) is 14.1. The van der Waals surface area contributed by atoms with Crippen molar-refractivity contribution in [2.45, 2.75) is 6.92 Å². The van der Waals surface area contributed by atoms with E-state index >= 15 is 0 Å². The SMILES string of the molecule is Cc1nc2cc(Cl)ccn2c1C(=O)Nc1ccc(C(=O)NCC(=O)O)cc1. The number of nitrogens with zero attached hydrogens (tertiary/aromatic N) is 2. The molecule has 27 heavy (non-hydrogen) atoms. The monoisotopic (exact) mass is 386 g/mol. The molecule has 0 unspecified atom stereocenters. The standard InChI is InChI=1S/C18H15ClN4O4/c1-10-16(23-7-6-12(19)8-14(23)21-10)18(27)22-13-4-2-11(3-5-13)17(26)20-9-15(24)25/h2-8H,9H2,1H3,(H,20,26)(H,22,27)(H,24,25). The molecule has 9 heteroatoms. The highest BCUT2D eigenvalue weighted by Gasteiger charge is 2.17. The van der Waals surface area contributed by atoms with Crippen molar-refractivity contribution in [2.75, 3.05) is 11.9 Å². The van der Waals surface area contributed by atoms with Crippen LogP contribution in [0.15, 0.2) is 42.6 Å². The molecule has 0 atom stereocenters. The number of benzene rings is 1. The van der Waals surface area contributed by atoms with Crippen LogP contribution < -0.4 is 10.6 Å². The van der Waals surface area contributed by atoms with Crippen LogP contribution in [0, 0.1) is 6.92 Å². The van der Waals surface area contributed by atoms with E-state index in [0.717, 1.165) is 0 Å². The normalized spacial score (nSPS) is 10.6. The molecule has 2 heterocycles. The largest absolute Gasteiger partial charge is 0.480 e. The molecule has 0 radical (unpaired) electrons. The number of halogens is 1. The fourth-order valence-corrected chi connectivity index (χ4v) is 2.72. The third-order valence-corrected chi connectivity index (χ3v) is 4.02. The molecule has 2 amide bonds. The molecule has 0 fully saturated rings. The molecule has 3 rings (SSSR count). The van der Waals surface area contributed by atoms with Gasteiger partial charge in [0.1, 0.15) is 17.9 Å². The van der Waals surface area contributed by atoms with Crippen LogP contribution in [-0.4, -0.2) is 38.8 Å². The van der Waals surface area contributed by atoms with E-state index in [1.165, 1.54) is 12.1 Å². The zero-order chi connectivity index (χ0) is 19.6. The number of carbonyl (C=O) groups excluding carboxylic acids is 2. The number of hydrogen-bond acceptors (Lipinski definition) is 4. The Bertz CT molecular complexity index is 1040. The number of imidazole rings is 1. The van der Waals surface area contributed by atoms with Crippen molar-refractivity contribution in [1.82, 2.24) is 14.7 Å². The number of carboxylic acids is 1. The molecule has 3 N–H and O–H groups in total. The Morgan fingerprint density at radius 1 is 1.15 bits per heavy atom. The van der Waals surface area contributed by atoms with Crippen molar-refractivity contribution in [1.29, 1.82) is 0 Å². The number of pyridine rings is 1. The van der Waals surface area contributed by atoms with Crippen LogP contribution in [0.3, 0.4) is 0 Å². The van der Waals surface area contributed by atoms with Crippen molar-refractivity contribution in [2.24, 2.45) is 0 Å². The fourth-order valence-electron chi connectivity index (χ4n) is 2.56. The molecule has 2 aromatic heterocycles. The summed E-state index contributed by atoms with van der Waals surface area (Å²) in [5.41, 5.74) is 2.27. The number of rotatable bonds is 5. The number of carbonyl (C=O) groups is 3. The quantitative estimate of drug-likeness (QED) is 0.623. The number of anilines is 1. The number of aliphatic carboxylic acids is 1.